The van der Waals surface area contributed by atoms with Crippen molar-refractivity contribution >= 4 is 29.1 Å². The molecule has 2 aromatic rings. The first-order valence-corrected chi connectivity index (χ1v) is 8.50. The number of fused-ring (bicyclic) bond motifs is 1. The van der Waals surface area contributed by atoms with Crippen molar-refractivity contribution in [3.8, 4) is 0 Å². The van der Waals surface area contributed by atoms with Crippen molar-refractivity contribution in [2.45, 2.75) is 31.0 Å². The molecule has 0 saturated heterocycles. The van der Waals surface area contributed by atoms with Crippen LogP contribution in [-0.4, -0.2) is 32.7 Å². The van der Waals surface area contributed by atoms with Crippen LogP contribution in [0.4, 0.5) is 39.4 Å². The largest absolute Gasteiger partial charge is 0.421 e. The maximum absolute atomic E-state index is 13.3. The van der Waals surface area contributed by atoms with Gasteiger partial charge in [-0.15, -0.1) is 0 Å². The summed E-state index contributed by atoms with van der Waals surface area (Å²) in [5.41, 5.74) is -0.714. The maximum atomic E-state index is 13.3. The molecule has 27 heavy (non-hydrogen) atoms. The highest BCUT2D eigenvalue weighted by Gasteiger charge is 2.71. The summed E-state index contributed by atoms with van der Waals surface area (Å²) in [5, 5.41) is 9.38. The SMILES string of the molecule is CNc1nc(Nc2cnn(C3CC4[C@@H](C3)C4(F)F)c2Cl)ncc1C(F)(F)F. The quantitative estimate of drug-likeness (QED) is 0.736. The molecule has 2 aliphatic rings. The van der Waals surface area contributed by atoms with E-state index in [1.54, 1.807) is 0 Å². The van der Waals surface area contributed by atoms with Gasteiger partial charge in [0.15, 0.2) is 5.15 Å². The Bertz CT molecular complexity index is 868. The fraction of sp³-hybridized carbons (Fsp3) is 0.533. The number of hydrogen-bond donors (Lipinski definition) is 2. The minimum Gasteiger partial charge on any atom is -0.372 e. The van der Waals surface area contributed by atoms with Crippen LogP contribution in [0.1, 0.15) is 24.4 Å². The number of alkyl halides is 5. The number of halogens is 6. The molecule has 2 N–H and O–H groups in total. The molecule has 2 saturated carbocycles. The third-order valence-electron chi connectivity index (χ3n) is 5.08. The number of hydrogen-bond acceptors (Lipinski definition) is 5. The molecule has 2 aromatic heterocycles. The zero-order valence-electron chi connectivity index (χ0n) is 13.9. The van der Waals surface area contributed by atoms with Crippen LogP contribution in [0.5, 0.6) is 0 Å². The lowest BCUT2D eigenvalue weighted by Gasteiger charge is -2.16. The highest BCUT2D eigenvalue weighted by molar-refractivity contribution is 6.32. The Hall–Kier alpha value is -2.17. The molecular weight excluding hydrogens is 395 g/mol. The van der Waals surface area contributed by atoms with E-state index in [0.717, 1.165) is 0 Å². The Balaban J connectivity index is 1.52. The summed E-state index contributed by atoms with van der Waals surface area (Å²) in [6.45, 7) is 0. The molecule has 0 bridgehead atoms. The molecule has 0 radical (unpaired) electrons. The molecule has 2 aliphatic carbocycles. The van der Waals surface area contributed by atoms with E-state index in [1.807, 2.05) is 0 Å². The minimum absolute atomic E-state index is 0.102. The third kappa shape index (κ3) is 2.97. The first-order chi connectivity index (χ1) is 12.6. The van der Waals surface area contributed by atoms with Crippen molar-refractivity contribution in [3.63, 3.8) is 0 Å². The molecule has 12 heteroatoms. The Labute approximate surface area is 155 Å². The zero-order chi connectivity index (χ0) is 19.6. The van der Waals surface area contributed by atoms with Crippen molar-refractivity contribution in [3.05, 3.63) is 23.1 Å². The van der Waals surface area contributed by atoms with Crippen molar-refractivity contribution in [2.24, 2.45) is 11.8 Å². The third-order valence-corrected chi connectivity index (χ3v) is 5.45. The molecule has 0 aliphatic heterocycles. The van der Waals surface area contributed by atoms with Gasteiger partial charge < -0.3 is 10.6 Å². The van der Waals surface area contributed by atoms with Crippen LogP contribution in [0, 0.1) is 11.8 Å². The van der Waals surface area contributed by atoms with Crippen molar-refractivity contribution in [2.75, 3.05) is 17.7 Å². The van der Waals surface area contributed by atoms with Gasteiger partial charge in [0, 0.05) is 25.1 Å². The van der Waals surface area contributed by atoms with E-state index in [1.165, 1.54) is 17.9 Å². The smallest absolute Gasteiger partial charge is 0.372 e. The van der Waals surface area contributed by atoms with Gasteiger partial charge in [0.25, 0.3) is 5.92 Å². The average molecular weight is 409 g/mol. The Morgan fingerprint density at radius 3 is 2.48 bits per heavy atom. The molecule has 0 amide bonds. The summed E-state index contributed by atoms with van der Waals surface area (Å²) in [7, 11) is 1.31. The van der Waals surface area contributed by atoms with E-state index < -0.39 is 29.5 Å². The summed E-state index contributed by atoms with van der Waals surface area (Å²) in [5.74, 6) is -4.34. The highest BCUT2D eigenvalue weighted by atomic mass is 35.5. The summed E-state index contributed by atoms with van der Waals surface area (Å²) in [6.07, 6.45) is -1.99. The lowest BCUT2D eigenvalue weighted by molar-refractivity contribution is -0.137. The Morgan fingerprint density at radius 2 is 1.89 bits per heavy atom. The van der Waals surface area contributed by atoms with Gasteiger partial charge in [-0.25, -0.2) is 18.4 Å². The first-order valence-electron chi connectivity index (χ1n) is 8.12. The van der Waals surface area contributed by atoms with Crippen molar-refractivity contribution in [1.29, 1.82) is 0 Å². The predicted molar refractivity (Wildman–Crippen MR) is 87.3 cm³/mol. The van der Waals surface area contributed by atoms with Crippen LogP contribution in [0.25, 0.3) is 0 Å². The number of anilines is 3. The molecule has 6 nitrogen and oxygen atoms in total. The lowest BCUT2D eigenvalue weighted by atomic mass is 10.1. The monoisotopic (exact) mass is 408 g/mol. The number of nitrogens with zero attached hydrogens (tertiary/aromatic N) is 4. The molecular formula is C15H14ClF5N6. The Morgan fingerprint density at radius 1 is 1.22 bits per heavy atom. The molecule has 4 rings (SSSR count). The van der Waals surface area contributed by atoms with Crippen LogP contribution < -0.4 is 10.6 Å². The van der Waals surface area contributed by atoms with Crippen molar-refractivity contribution in [1.82, 2.24) is 19.7 Å². The number of nitrogens with one attached hydrogen (secondary N) is 2. The minimum atomic E-state index is -4.59. The van der Waals surface area contributed by atoms with E-state index in [-0.39, 0.29) is 28.6 Å². The standard InChI is InChI=1S/C15H14ClF5N6/c1-22-12-9(15(19,20)21)4-23-13(26-12)25-10-5-24-27(11(10)16)6-2-7-8(3-6)14(7,17)18/h4-8H,2-3H2,1H3,(H2,22,23,25,26)/t6?,7-,8?/m1/s1. The molecule has 2 unspecified atom stereocenters. The molecule has 0 spiro atoms. The van der Waals surface area contributed by atoms with Crippen LogP contribution in [0.15, 0.2) is 12.4 Å². The van der Waals surface area contributed by atoms with Crippen LogP contribution in [-0.2, 0) is 6.18 Å². The number of rotatable bonds is 4. The second kappa shape index (κ2) is 5.91. The lowest BCUT2D eigenvalue weighted by Crippen LogP contribution is -2.14. The van der Waals surface area contributed by atoms with E-state index >= 15 is 0 Å². The highest BCUT2D eigenvalue weighted by Crippen LogP contribution is 2.66. The fourth-order valence-electron chi connectivity index (χ4n) is 3.63. The normalized spacial score (nSPS) is 26.0. The van der Waals surface area contributed by atoms with Gasteiger partial charge in [0.05, 0.1) is 17.9 Å². The van der Waals surface area contributed by atoms with Gasteiger partial charge in [-0.2, -0.15) is 23.3 Å². The maximum Gasteiger partial charge on any atom is 0.421 e. The summed E-state index contributed by atoms with van der Waals surface area (Å²) in [4.78, 5) is 7.45. The first kappa shape index (κ1) is 18.2. The van der Waals surface area contributed by atoms with Gasteiger partial charge >= 0.3 is 6.18 Å². The average Bonchev–Trinajstić information content (AvgIpc) is 2.99. The molecule has 0 aromatic carbocycles. The van der Waals surface area contributed by atoms with Gasteiger partial charge in [0.2, 0.25) is 5.95 Å². The zero-order valence-corrected chi connectivity index (χ0v) is 14.6. The van der Waals surface area contributed by atoms with Crippen LogP contribution in [0.2, 0.25) is 5.15 Å². The van der Waals surface area contributed by atoms with Crippen molar-refractivity contribution < 1.29 is 22.0 Å². The molecule has 2 fully saturated rings. The number of aromatic nitrogens is 4. The second-order valence-electron chi connectivity index (χ2n) is 6.64. The van der Waals surface area contributed by atoms with Crippen LogP contribution >= 0.6 is 11.6 Å². The molecule has 146 valence electrons. The van der Waals surface area contributed by atoms with Crippen LogP contribution in [0.3, 0.4) is 0 Å². The summed E-state index contributed by atoms with van der Waals surface area (Å²) >= 11 is 6.26. The van der Waals surface area contributed by atoms with Gasteiger partial charge in [0.1, 0.15) is 11.4 Å². The summed E-state index contributed by atoms with van der Waals surface area (Å²) < 4.78 is 66.8. The molecule has 2 heterocycles. The van der Waals surface area contributed by atoms with Gasteiger partial charge in [-0.05, 0) is 12.8 Å². The second-order valence-corrected chi connectivity index (χ2v) is 6.99. The topological polar surface area (TPSA) is 67.7 Å². The van der Waals surface area contributed by atoms with E-state index in [2.05, 4.69) is 25.7 Å². The van der Waals surface area contributed by atoms with E-state index in [4.69, 9.17) is 11.6 Å². The Kier molecular flexibility index (Phi) is 3.99. The van der Waals surface area contributed by atoms with Gasteiger partial charge in [-0.3, -0.25) is 0 Å². The van der Waals surface area contributed by atoms with Gasteiger partial charge in [-0.1, -0.05) is 11.6 Å². The summed E-state index contributed by atoms with van der Waals surface area (Å²) in [6, 6.07) is -0.232. The fourth-order valence-corrected chi connectivity index (χ4v) is 3.91. The predicted octanol–water partition coefficient (Wildman–Crippen LogP) is 4.35. The van der Waals surface area contributed by atoms with E-state index in [0.29, 0.717) is 19.0 Å². The molecule has 3 atom stereocenters. The van der Waals surface area contributed by atoms with E-state index in [9.17, 15) is 22.0 Å².